The highest BCUT2D eigenvalue weighted by Crippen LogP contribution is 2.00. The topological polar surface area (TPSA) is 72.1 Å². The number of nitrogens with two attached hydrogens (primary N) is 1. The van der Waals surface area contributed by atoms with Crippen LogP contribution in [0, 0.1) is 0 Å². The van der Waals surface area contributed by atoms with Gasteiger partial charge in [-0.2, -0.15) is 0 Å². The van der Waals surface area contributed by atoms with E-state index in [1.165, 1.54) is 0 Å². The van der Waals surface area contributed by atoms with Crippen molar-refractivity contribution in [2.75, 3.05) is 13.6 Å². The van der Waals surface area contributed by atoms with E-state index in [4.69, 9.17) is 5.73 Å². The zero-order valence-electron chi connectivity index (χ0n) is 10.9. The molecule has 0 aliphatic heterocycles. The van der Waals surface area contributed by atoms with Gasteiger partial charge in [-0.25, -0.2) is 0 Å². The second kappa shape index (κ2) is 8.83. The summed E-state index contributed by atoms with van der Waals surface area (Å²) in [5.74, 6) is -0.00394. The van der Waals surface area contributed by atoms with Crippen molar-refractivity contribution in [1.29, 1.82) is 0 Å². The van der Waals surface area contributed by atoms with Gasteiger partial charge in [0, 0.05) is 38.6 Å². The number of likely N-dealkylation sites (N-methyl/N-ethyl adjacent to an activating group) is 1. The van der Waals surface area contributed by atoms with Crippen LogP contribution in [0.15, 0.2) is 18.6 Å². The number of aromatic nitrogens is 2. The second-order valence-corrected chi connectivity index (χ2v) is 4.10. The smallest absolute Gasteiger partial charge is 0.239 e. The molecule has 6 heteroatoms. The SMILES string of the molecule is CCCC(N)C(=O)N(C)CCc1cnccn1.Cl. The minimum absolute atomic E-state index is 0. The van der Waals surface area contributed by atoms with Gasteiger partial charge in [0.25, 0.3) is 0 Å². The summed E-state index contributed by atoms with van der Waals surface area (Å²) in [6.07, 6.45) is 7.36. The van der Waals surface area contributed by atoms with Crippen LogP contribution in [0.1, 0.15) is 25.5 Å². The van der Waals surface area contributed by atoms with Gasteiger partial charge in [0.2, 0.25) is 5.91 Å². The van der Waals surface area contributed by atoms with Gasteiger partial charge >= 0.3 is 0 Å². The van der Waals surface area contributed by atoms with Crippen molar-refractivity contribution >= 4 is 18.3 Å². The number of amides is 1. The molecule has 0 aliphatic rings. The fourth-order valence-corrected chi connectivity index (χ4v) is 1.57. The summed E-state index contributed by atoms with van der Waals surface area (Å²) >= 11 is 0. The van der Waals surface area contributed by atoms with E-state index < -0.39 is 0 Å². The first-order chi connectivity index (χ1) is 8.15. The summed E-state index contributed by atoms with van der Waals surface area (Å²) in [7, 11) is 1.77. The first-order valence-corrected chi connectivity index (χ1v) is 5.90. The van der Waals surface area contributed by atoms with Crippen LogP contribution in [0.5, 0.6) is 0 Å². The Labute approximate surface area is 114 Å². The maximum Gasteiger partial charge on any atom is 0.239 e. The highest BCUT2D eigenvalue weighted by atomic mass is 35.5. The number of carbonyl (C=O) groups is 1. The van der Waals surface area contributed by atoms with Crippen LogP contribution in [0.2, 0.25) is 0 Å². The van der Waals surface area contributed by atoms with Crippen molar-refractivity contribution in [2.24, 2.45) is 5.73 Å². The molecule has 18 heavy (non-hydrogen) atoms. The van der Waals surface area contributed by atoms with E-state index in [0.717, 1.165) is 18.5 Å². The molecule has 0 radical (unpaired) electrons. The lowest BCUT2D eigenvalue weighted by molar-refractivity contribution is -0.131. The molecule has 1 unspecified atom stereocenters. The highest BCUT2D eigenvalue weighted by molar-refractivity contribution is 5.85. The third-order valence-corrected chi connectivity index (χ3v) is 2.61. The Morgan fingerprint density at radius 1 is 1.50 bits per heavy atom. The Morgan fingerprint density at radius 3 is 2.78 bits per heavy atom. The van der Waals surface area contributed by atoms with Crippen LogP contribution in [-0.2, 0) is 11.2 Å². The van der Waals surface area contributed by atoms with Crippen molar-refractivity contribution in [3.8, 4) is 0 Å². The molecular weight excluding hydrogens is 252 g/mol. The predicted molar refractivity (Wildman–Crippen MR) is 73.5 cm³/mol. The molecule has 0 aliphatic carbocycles. The zero-order valence-corrected chi connectivity index (χ0v) is 11.7. The molecule has 0 aromatic carbocycles. The quantitative estimate of drug-likeness (QED) is 0.839. The Kier molecular flexibility index (Phi) is 8.24. The Bertz CT molecular complexity index is 347. The van der Waals surface area contributed by atoms with Crippen LogP contribution < -0.4 is 5.73 Å². The molecule has 1 aromatic heterocycles. The molecule has 1 atom stereocenters. The number of rotatable bonds is 6. The fraction of sp³-hybridized carbons (Fsp3) is 0.583. The summed E-state index contributed by atoms with van der Waals surface area (Å²) in [5.41, 5.74) is 6.66. The maximum atomic E-state index is 11.8. The standard InChI is InChI=1S/C12H20N4O.ClH/c1-3-4-11(13)12(17)16(2)8-5-10-9-14-6-7-15-10;/h6-7,9,11H,3-5,8,13H2,1-2H3;1H. The predicted octanol–water partition coefficient (Wildman–Crippen LogP) is 1.03. The number of nitrogens with zero attached hydrogens (tertiary/aromatic N) is 3. The van der Waals surface area contributed by atoms with E-state index in [9.17, 15) is 4.79 Å². The van der Waals surface area contributed by atoms with Gasteiger partial charge in [-0.1, -0.05) is 13.3 Å². The van der Waals surface area contributed by atoms with E-state index in [1.807, 2.05) is 6.92 Å². The average Bonchev–Trinajstić information content (AvgIpc) is 2.36. The monoisotopic (exact) mass is 272 g/mol. The van der Waals surface area contributed by atoms with Crippen LogP contribution in [0.25, 0.3) is 0 Å². The molecule has 2 N–H and O–H groups in total. The summed E-state index contributed by atoms with van der Waals surface area (Å²) in [4.78, 5) is 21.6. The van der Waals surface area contributed by atoms with Crippen LogP contribution in [-0.4, -0.2) is 40.4 Å². The molecule has 0 fully saturated rings. The van der Waals surface area contributed by atoms with Crippen molar-refractivity contribution in [1.82, 2.24) is 14.9 Å². The molecule has 102 valence electrons. The molecule has 1 heterocycles. The summed E-state index contributed by atoms with van der Waals surface area (Å²) in [6.45, 7) is 2.64. The average molecular weight is 273 g/mol. The van der Waals surface area contributed by atoms with Gasteiger partial charge in [-0.05, 0) is 6.42 Å². The molecule has 1 aromatic rings. The second-order valence-electron chi connectivity index (χ2n) is 4.10. The fourth-order valence-electron chi connectivity index (χ4n) is 1.57. The van der Waals surface area contributed by atoms with E-state index >= 15 is 0 Å². The molecule has 0 bridgehead atoms. The first kappa shape index (κ1) is 16.8. The van der Waals surface area contributed by atoms with Gasteiger partial charge < -0.3 is 10.6 Å². The number of hydrogen-bond donors (Lipinski definition) is 1. The van der Waals surface area contributed by atoms with E-state index in [2.05, 4.69) is 9.97 Å². The molecule has 0 spiro atoms. The van der Waals surface area contributed by atoms with E-state index in [1.54, 1.807) is 30.5 Å². The van der Waals surface area contributed by atoms with Gasteiger partial charge in [0.1, 0.15) is 0 Å². The van der Waals surface area contributed by atoms with Gasteiger partial charge in [-0.3, -0.25) is 14.8 Å². The number of carbonyl (C=O) groups excluding carboxylic acids is 1. The normalized spacial score (nSPS) is 11.5. The largest absolute Gasteiger partial charge is 0.344 e. The molecular formula is C12H21ClN4O. The molecule has 0 saturated heterocycles. The maximum absolute atomic E-state index is 11.8. The van der Waals surface area contributed by atoms with Crippen LogP contribution in [0.4, 0.5) is 0 Å². The molecule has 0 saturated carbocycles. The van der Waals surface area contributed by atoms with Crippen molar-refractivity contribution in [3.05, 3.63) is 24.3 Å². The number of hydrogen-bond acceptors (Lipinski definition) is 4. The van der Waals surface area contributed by atoms with E-state index in [0.29, 0.717) is 13.0 Å². The minimum atomic E-state index is -0.383. The third-order valence-electron chi connectivity index (χ3n) is 2.61. The molecule has 1 amide bonds. The summed E-state index contributed by atoms with van der Waals surface area (Å²) in [6, 6.07) is -0.383. The van der Waals surface area contributed by atoms with Crippen molar-refractivity contribution in [2.45, 2.75) is 32.2 Å². The third kappa shape index (κ3) is 5.42. The molecule has 1 rings (SSSR count). The lowest BCUT2D eigenvalue weighted by Crippen LogP contribution is -2.42. The van der Waals surface area contributed by atoms with Crippen molar-refractivity contribution in [3.63, 3.8) is 0 Å². The summed E-state index contributed by atoms with van der Waals surface area (Å²) < 4.78 is 0. The summed E-state index contributed by atoms with van der Waals surface area (Å²) in [5, 5.41) is 0. The van der Waals surface area contributed by atoms with E-state index in [-0.39, 0.29) is 24.4 Å². The van der Waals surface area contributed by atoms with Crippen LogP contribution in [0.3, 0.4) is 0 Å². The van der Waals surface area contributed by atoms with Crippen LogP contribution >= 0.6 is 12.4 Å². The minimum Gasteiger partial charge on any atom is -0.344 e. The lowest BCUT2D eigenvalue weighted by atomic mass is 10.1. The highest BCUT2D eigenvalue weighted by Gasteiger charge is 2.16. The van der Waals surface area contributed by atoms with Gasteiger partial charge in [0.15, 0.2) is 0 Å². The first-order valence-electron chi connectivity index (χ1n) is 5.90. The van der Waals surface area contributed by atoms with Crippen molar-refractivity contribution < 1.29 is 4.79 Å². The molecule has 5 nitrogen and oxygen atoms in total. The lowest BCUT2D eigenvalue weighted by Gasteiger charge is -2.20. The van der Waals surface area contributed by atoms with Gasteiger partial charge in [0.05, 0.1) is 11.7 Å². The zero-order chi connectivity index (χ0) is 12.7. The Balaban J connectivity index is 0.00000289. The Hall–Kier alpha value is -1.20. The number of halogens is 1. The Morgan fingerprint density at radius 2 is 2.22 bits per heavy atom. The van der Waals surface area contributed by atoms with Gasteiger partial charge in [-0.15, -0.1) is 12.4 Å².